The largest absolute Gasteiger partial charge is 0.508 e. The molecule has 0 aromatic heterocycles. The predicted molar refractivity (Wildman–Crippen MR) is 103 cm³/mol. The first kappa shape index (κ1) is 19.9. The van der Waals surface area contributed by atoms with Gasteiger partial charge in [-0.25, -0.2) is 4.79 Å². The maximum atomic E-state index is 12.7. The summed E-state index contributed by atoms with van der Waals surface area (Å²) >= 11 is 0. The third-order valence-electron chi connectivity index (χ3n) is 5.86. The van der Waals surface area contributed by atoms with Crippen LogP contribution in [0.4, 0.5) is 0 Å². The number of carbonyl (C=O) groups excluding carboxylic acids is 1. The summed E-state index contributed by atoms with van der Waals surface area (Å²) in [5.74, 6) is -0.440. The number of fused-ring (bicyclic) bond motifs is 1. The van der Waals surface area contributed by atoms with E-state index in [9.17, 15) is 15.0 Å². The summed E-state index contributed by atoms with van der Waals surface area (Å²) in [6, 6.07) is 6.02. The second kappa shape index (κ2) is 7.64. The maximum absolute atomic E-state index is 12.7. The van der Waals surface area contributed by atoms with E-state index in [4.69, 9.17) is 9.47 Å². The molecule has 0 spiro atoms. The van der Waals surface area contributed by atoms with Crippen LogP contribution in [0.5, 0.6) is 5.75 Å². The van der Waals surface area contributed by atoms with E-state index in [2.05, 4.69) is 6.08 Å². The number of aliphatic hydroxyl groups excluding tert-OH is 1. The Balaban J connectivity index is 1.86. The van der Waals surface area contributed by atoms with Gasteiger partial charge in [-0.3, -0.25) is 0 Å². The number of rotatable bonds is 3. The van der Waals surface area contributed by atoms with E-state index >= 15 is 0 Å². The van der Waals surface area contributed by atoms with E-state index in [1.54, 1.807) is 12.1 Å². The number of allylic oxidation sites excluding steroid dienone is 1. The second-order valence-electron chi connectivity index (χ2n) is 8.45. The Morgan fingerprint density at radius 2 is 1.96 bits per heavy atom. The van der Waals surface area contributed by atoms with Gasteiger partial charge in [-0.05, 0) is 56.9 Å². The van der Waals surface area contributed by atoms with E-state index < -0.39 is 18.2 Å². The Morgan fingerprint density at radius 3 is 2.59 bits per heavy atom. The number of esters is 1. The van der Waals surface area contributed by atoms with Crippen molar-refractivity contribution in [3.8, 4) is 5.75 Å². The second-order valence-corrected chi connectivity index (χ2v) is 8.45. The number of epoxide rings is 1. The van der Waals surface area contributed by atoms with Crippen LogP contribution in [0, 0.1) is 11.8 Å². The lowest BCUT2D eigenvalue weighted by atomic mass is 9.78. The highest BCUT2D eigenvalue weighted by Gasteiger charge is 2.58. The number of phenolic OH excluding ortho intramolecular Hbond substituents is 1. The first-order chi connectivity index (χ1) is 12.7. The molecule has 5 atom stereocenters. The summed E-state index contributed by atoms with van der Waals surface area (Å²) < 4.78 is 11.8. The highest BCUT2D eigenvalue weighted by molar-refractivity contribution is 5.89. The average molecular weight is 374 g/mol. The highest BCUT2D eigenvalue weighted by atomic mass is 16.6. The highest BCUT2D eigenvalue weighted by Crippen LogP contribution is 2.47. The normalized spacial score (nSPS) is 33.8. The number of carbonyl (C=O) groups is 1. The zero-order valence-electron chi connectivity index (χ0n) is 16.5. The molecule has 1 aliphatic carbocycles. The van der Waals surface area contributed by atoms with Crippen molar-refractivity contribution >= 4 is 5.97 Å². The lowest BCUT2D eigenvalue weighted by molar-refractivity contribution is -0.0419. The molecule has 1 saturated heterocycles. The predicted octanol–water partition coefficient (Wildman–Crippen LogP) is 3.84. The Labute approximate surface area is 161 Å². The van der Waals surface area contributed by atoms with Gasteiger partial charge in [0.1, 0.15) is 18.0 Å². The fraction of sp³-hybridized carbons (Fsp3) is 0.591. The van der Waals surface area contributed by atoms with Crippen LogP contribution in [0.3, 0.4) is 0 Å². The van der Waals surface area contributed by atoms with E-state index in [0.717, 1.165) is 18.4 Å². The molecule has 5 nitrogen and oxygen atoms in total. The minimum atomic E-state index is -0.682. The molecule has 0 radical (unpaired) electrons. The summed E-state index contributed by atoms with van der Waals surface area (Å²) in [7, 11) is 0. The molecule has 27 heavy (non-hydrogen) atoms. The Hall–Kier alpha value is -1.85. The fourth-order valence-electron chi connectivity index (χ4n) is 4.20. The van der Waals surface area contributed by atoms with Crippen molar-refractivity contribution in [1.29, 1.82) is 0 Å². The molecule has 0 saturated carbocycles. The molecule has 1 aliphatic heterocycles. The third-order valence-corrected chi connectivity index (χ3v) is 5.86. The Morgan fingerprint density at radius 1 is 1.30 bits per heavy atom. The van der Waals surface area contributed by atoms with Crippen LogP contribution in [0.1, 0.15) is 57.3 Å². The molecular weight excluding hydrogens is 344 g/mol. The molecule has 3 rings (SSSR count). The minimum absolute atomic E-state index is 0.102. The summed E-state index contributed by atoms with van der Waals surface area (Å²) in [6.45, 7) is 8.17. The SMILES string of the molecule is CC1=CCC[C@]2(C)O[C@@H]2[C@H](O)[C@H](C(C)C)[C@@H](OC(=O)c2ccc(O)cc2)C1. The Kier molecular flexibility index (Phi) is 5.63. The van der Waals surface area contributed by atoms with Gasteiger partial charge in [0.05, 0.1) is 17.3 Å². The van der Waals surface area contributed by atoms with Crippen LogP contribution in [-0.4, -0.2) is 40.1 Å². The van der Waals surface area contributed by atoms with Gasteiger partial charge in [0.25, 0.3) is 0 Å². The van der Waals surface area contributed by atoms with E-state index in [0.29, 0.717) is 12.0 Å². The van der Waals surface area contributed by atoms with Gasteiger partial charge in [-0.1, -0.05) is 25.5 Å². The van der Waals surface area contributed by atoms with E-state index in [-0.39, 0.29) is 29.3 Å². The van der Waals surface area contributed by atoms with E-state index in [1.165, 1.54) is 12.1 Å². The molecule has 1 heterocycles. The van der Waals surface area contributed by atoms with Gasteiger partial charge in [-0.2, -0.15) is 0 Å². The summed E-state index contributed by atoms with van der Waals surface area (Å²) in [5.41, 5.74) is 1.24. The number of hydrogen-bond acceptors (Lipinski definition) is 5. The van der Waals surface area contributed by atoms with Crippen LogP contribution in [0.25, 0.3) is 0 Å². The zero-order chi connectivity index (χ0) is 19.8. The van der Waals surface area contributed by atoms with Gasteiger partial charge in [0.15, 0.2) is 0 Å². The molecule has 1 aromatic rings. The van der Waals surface area contributed by atoms with Gasteiger partial charge in [0.2, 0.25) is 0 Å². The molecule has 1 fully saturated rings. The number of phenols is 1. The number of aliphatic hydroxyl groups is 1. The molecule has 2 aliphatic rings. The first-order valence-electron chi connectivity index (χ1n) is 9.73. The van der Waals surface area contributed by atoms with Crippen molar-refractivity contribution in [3.63, 3.8) is 0 Å². The number of aromatic hydroxyl groups is 1. The summed E-state index contributed by atoms with van der Waals surface area (Å²) in [6.07, 6.45) is 3.20. The van der Waals surface area contributed by atoms with Crippen molar-refractivity contribution in [2.24, 2.45) is 11.8 Å². The standard InChI is InChI=1S/C22H30O5/c1-13(2)18-17(26-21(25)15-7-9-16(23)10-8-15)12-14(3)6-5-11-22(4)20(27-22)19(18)24/h6-10,13,17-20,23-24H,5,11-12H2,1-4H3/t17-,18+,19+,20+,22-/m0/s1. The van der Waals surface area contributed by atoms with Gasteiger partial charge in [-0.15, -0.1) is 0 Å². The van der Waals surface area contributed by atoms with Crippen LogP contribution in [0.15, 0.2) is 35.9 Å². The summed E-state index contributed by atoms with van der Waals surface area (Å²) in [5, 5.41) is 20.5. The van der Waals surface area contributed by atoms with Gasteiger partial charge in [0, 0.05) is 12.3 Å². The average Bonchev–Trinajstić information content (AvgIpc) is 3.26. The van der Waals surface area contributed by atoms with E-state index in [1.807, 2.05) is 27.7 Å². The van der Waals surface area contributed by atoms with Crippen molar-refractivity contribution in [1.82, 2.24) is 0 Å². The quantitative estimate of drug-likeness (QED) is 0.477. The van der Waals surface area contributed by atoms with Crippen LogP contribution < -0.4 is 0 Å². The lowest BCUT2D eigenvalue weighted by Crippen LogP contribution is -2.43. The summed E-state index contributed by atoms with van der Waals surface area (Å²) in [4.78, 5) is 12.7. The number of hydrogen-bond donors (Lipinski definition) is 2. The van der Waals surface area contributed by atoms with Crippen molar-refractivity contribution < 1.29 is 24.5 Å². The van der Waals surface area contributed by atoms with Crippen LogP contribution in [-0.2, 0) is 9.47 Å². The molecule has 0 amide bonds. The molecule has 0 bridgehead atoms. The number of ether oxygens (including phenoxy) is 2. The first-order valence-corrected chi connectivity index (χ1v) is 9.73. The fourth-order valence-corrected chi connectivity index (χ4v) is 4.20. The number of benzene rings is 1. The van der Waals surface area contributed by atoms with Crippen LogP contribution >= 0.6 is 0 Å². The lowest BCUT2D eigenvalue weighted by Gasteiger charge is -2.34. The van der Waals surface area contributed by atoms with Crippen molar-refractivity contribution in [3.05, 3.63) is 41.5 Å². The van der Waals surface area contributed by atoms with Crippen molar-refractivity contribution in [2.75, 3.05) is 0 Å². The topological polar surface area (TPSA) is 79.3 Å². The molecule has 1 aromatic carbocycles. The molecule has 2 N–H and O–H groups in total. The van der Waals surface area contributed by atoms with Gasteiger partial charge >= 0.3 is 5.97 Å². The van der Waals surface area contributed by atoms with Crippen molar-refractivity contribution in [2.45, 2.75) is 70.9 Å². The monoisotopic (exact) mass is 374 g/mol. The maximum Gasteiger partial charge on any atom is 0.338 e. The van der Waals surface area contributed by atoms with Gasteiger partial charge < -0.3 is 19.7 Å². The molecule has 0 unspecified atom stereocenters. The Bertz CT molecular complexity index is 708. The molecule has 148 valence electrons. The third kappa shape index (κ3) is 4.36. The van der Waals surface area contributed by atoms with Crippen LogP contribution in [0.2, 0.25) is 0 Å². The minimum Gasteiger partial charge on any atom is -0.508 e. The smallest absolute Gasteiger partial charge is 0.338 e. The zero-order valence-corrected chi connectivity index (χ0v) is 16.5. The molecular formula is C22H30O5. The molecule has 5 heteroatoms.